The van der Waals surface area contributed by atoms with Gasteiger partial charge in [0.25, 0.3) is 5.91 Å². The third-order valence-electron chi connectivity index (χ3n) is 7.51. The van der Waals surface area contributed by atoms with E-state index >= 15 is 0 Å². The first-order chi connectivity index (χ1) is 20.9. The Morgan fingerprint density at radius 3 is 2.44 bits per heavy atom. The Bertz CT molecular complexity index is 1630. The first kappa shape index (κ1) is 29.8. The molecule has 0 unspecified atom stereocenters. The number of unbranched alkanes of at least 4 members (excludes halogenated alkanes) is 1. The molecule has 5 rings (SSSR count). The molecule has 0 saturated carbocycles. The normalized spacial score (nSPS) is 11.5. The summed E-state index contributed by atoms with van der Waals surface area (Å²) in [6.45, 7) is 7.92. The first-order valence-corrected chi connectivity index (χ1v) is 14.7. The van der Waals surface area contributed by atoms with Crippen LogP contribution < -0.4 is 5.32 Å². The van der Waals surface area contributed by atoms with Crippen LogP contribution in [0.1, 0.15) is 55.5 Å². The van der Waals surface area contributed by atoms with Crippen LogP contribution in [0.3, 0.4) is 0 Å². The summed E-state index contributed by atoms with van der Waals surface area (Å²) in [5.74, 6) is 1.34. The molecule has 0 fully saturated rings. The number of carbonyl (C=O) groups is 1. The Morgan fingerprint density at radius 1 is 0.977 bits per heavy atom. The Kier molecular flexibility index (Phi) is 9.41. The summed E-state index contributed by atoms with van der Waals surface area (Å²) in [6.07, 6.45) is 4.58. The van der Waals surface area contributed by atoms with E-state index in [9.17, 15) is 4.79 Å². The average molecular weight is 578 g/mol. The van der Waals surface area contributed by atoms with E-state index in [1.54, 1.807) is 13.3 Å². The molecule has 0 bridgehead atoms. The summed E-state index contributed by atoms with van der Waals surface area (Å²) < 4.78 is 7.36. The fraction of sp³-hybridized carbons (Fsp3) is 0.324. The van der Waals surface area contributed by atoms with Gasteiger partial charge in [-0.15, -0.1) is 10.2 Å². The zero-order chi connectivity index (χ0) is 30.2. The highest BCUT2D eigenvalue weighted by Crippen LogP contribution is 2.34. The molecule has 0 aliphatic carbocycles. The Balaban J connectivity index is 1.43. The molecular formula is C34H39N7O2. The van der Waals surface area contributed by atoms with Crippen molar-refractivity contribution in [2.75, 3.05) is 20.3 Å². The van der Waals surface area contributed by atoms with Gasteiger partial charge in [-0.1, -0.05) is 87.9 Å². The molecular weight excluding hydrogens is 538 g/mol. The minimum atomic E-state index is -0.172. The van der Waals surface area contributed by atoms with E-state index < -0.39 is 0 Å². The number of hydrogen-bond donors (Lipinski definition) is 2. The van der Waals surface area contributed by atoms with Crippen LogP contribution in [-0.2, 0) is 17.7 Å². The second kappa shape index (κ2) is 13.6. The number of aromatic nitrogens is 6. The maximum Gasteiger partial charge on any atom is 0.269 e. The molecule has 2 N–H and O–H groups in total. The average Bonchev–Trinajstić information content (AvgIpc) is 3.70. The summed E-state index contributed by atoms with van der Waals surface area (Å²) in [6, 6.07) is 25.0. The highest BCUT2D eigenvalue weighted by molar-refractivity contribution is 5.92. The molecule has 0 aliphatic heterocycles. The largest absolute Gasteiger partial charge is 0.384 e. The number of H-pyrrole nitrogens is 1. The fourth-order valence-corrected chi connectivity index (χ4v) is 5.19. The molecule has 0 radical (unpaired) electrons. The van der Waals surface area contributed by atoms with Crippen LogP contribution in [0.4, 0.5) is 0 Å². The lowest BCUT2D eigenvalue weighted by Crippen LogP contribution is -2.37. The van der Waals surface area contributed by atoms with Crippen molar-refractivity contribution in [2.24, 2.45) is 5.41 Å². The SMILES string of the molecule is CCCCc1ncc(C(=O)NCC(C)(C)COC)n1Cc1ccc(-c2cc(-c3ccccc3)ccc2-c2nn[nH]n2)cc1. The maximum atomic E-state index is 13.3. The van der Waals surface area contributed by atoms with Gasteiger partial charge < -0.3 is 14.6 Å². The van der Waals surface area contributed by atoms with Crippen molar-refractivity contribution < 1.29 is 9.53 Å². The van der Waals surface area contributed by atoms with Gasteiger partial charge in [0, 0.05) is 37.6 Å². The minimum Gasteiger partial charge on any atom is -0.384 e. The first-order valence-electron chi connectivity index (χ1n) is 14.7. The highest BCUT2D eigenvalue weighted by atomic mass is 16.5. The number of amides is 1. The minimum absolute atomic E-state index is 0.126. The Labute approximate surface area is 252 Å². The molecule has 5 aromatic rings. The number of aryl methyl sites for hydroxylation is 1. The molecule has 3 aromatic carbocycles. The summed E-state index contributed by atoms with van der Waals surface area (Å²) in [4.78, 5) is 17.9. The monoisotopic (exact) mass is 577 g/mol. The number of benzene rings is 3. The number of tetrazole rings is 1. The van der Waals surface area contributed by atoms with E-state index in [0.29, 0.717) is 31.2 Å². The van der Waals surface area contributed by atoms with E-state index in [4.69, 9.17) is 4.74 Å². The predicted octanol–water partition coefficient (Wildman–Crippen LogP) is 6.19. The van der Waals surface area contributed by atoms with Crippen LogP contribution in [0.2, 0.25) is 0 Å². The number of ether oxygens (including phenoxy) is 1. The van der Waals surface area contributed by atoms with Crippen molar-refractivity contribution in [2.45, 2.75) is 46.6 Å². The van der Waals surface area contributed by atoms with Gasteiger partial charge in [-0.25, -0.2) is 4.98 Å². The maximum absolute atomic E-state index is 13.3. The van der Waals surface area contributed by atoms with E-state index in [1.165, 1.54) is 0 Å². The van der Waals surface area contributed by atoms with Gasteiger partial charge in [-0.2, -0.15) is 5.21 Å². The van der Waals surface area contributed by atoms with Crippen molar-refractivity contribution in [1.82, 2.24) is 35.5 Å². The van der Waals surface area contributed by atoms with E-state index in [-0.39, 0.29) is 11.3 Å². The van der Waals surface area contributed by atoms with Gasteiger partial charge in [-0.3, -0.25) is 4.79 Å². The second-order valence-corrected chi connectivity index (χ2v) is 11.6. The zero-order valence-corrected chi connectivity index (χ0v) is 25.3. The molecule has 222 valence electrons. The van der Waals surface area contributed by atoms with Crippen LogP contribution >= 0.6 is 0 Å². The topological polar surface area (TPSA) is 111 Å². The number of methoxy groups -OCH3 is 1. The molecule has 2 aromatic heterocycles. The van der Waals surface area contributed by atoms with E-state index in [0.717, 1.165) is 58.5 Å². The Morgan fingerprint density at radius 2 is 1.74 bits per heavy atom. The van der Waals surface area contributed by atoms with Crippen LogP contribution in [0.25, 0.3) is 33.6 Å². The molecule has 9 nitrogen and oxygen atoms in total. The molecule has 1 amide bonds. The van der Waals surface area contributed by atoms with Crippen LogP contribution in [0.5, 0.6) is 0 Å². The lowest BCUT2D eigenvalue weighted by Gasteiger charge is -2.24. The van der Waals surface area contributed by atoms with Gasteiger partial charge in [0.2, 0.25) is 5.82 Å². The fourth-order valence-electron chi connectivity index (χ4n) is 5.19. The molecule has 0 atom stereocenters. The third-order valence-corrected chi connectivity index (χ3v) is 7.51. The molecule has 0 spiro atoms. The van der Waals surface area contributed by atoms with Gasteiger partial charge in [-0.05, 0) is 51.6 Å². The molecule has 43 heavy (non-hydrogen) atoms. The summed E-state index contributed by atoms with van der Waals surface area (Å²) >= 11 is 0. The second-order valence-electron chi connectivity index (χ2n) is 11.6. The van der Waals surface area contributed by atoms with E-state index in [2.05, 4.69) is 100 Å². The third kappa shape index (κ3) is 7.24. The van der Waals surface area contributed by atoms with Crippen LogP contribution in [0, 0.1) is 5.41 Å². The van der Waals surface area contributed by atoms with Crippen molar-refractivity contribution >= 4 is 5.91 Å². The molecule has 2 heterocycles. The van der Waals surface area contributed by atoms with Crippen LogP contribution in [0.15, 0.2) is 79.0 Å². The Hall–Kier alpha value is -4.63. The van der Waals surface area contributed by atoms with Gasteiger partial charge in [0.05, 0.1) is 12.8 Å². The lowest BCUT2D eigenvalue weighted by molar-refractivity contribution is 0.0840. The summed E-state index contributed by atoms with van der Waals surface area (Å²) in [5.41, 5.74) is 6.66. The lowest BCUT2D eigenvalue weighted by atomic mass is 9.93. The number of carbonyl (C=O) groups excluding carboxylic acids is 1. The highest BCUT2D eigenvalue weighted by Gasteiger charge is 2.22. The quantitative estimate of drug-likeness (QED) is 0.173. The standard InChI is InChI=1S/C34H39N7O2/c1-5-6-12-31-35-20-30(33(42)36-22-34(2,3)23-43-4)41(31)21-24-13-15-26(16-14-24)29-19-27(25-10-8-7-9-11-25)17-18-28(29)32-37-39-40-38-32/h7-11,13-20H,5-6,12,21-23H2,1-4H3,(H,36,42)(H,37,38,39,40). The number of nitrogens with zero attached hydrogens (tertiary/aromatic N) is 5. The van der Waals surface area contributed by atoms with Gasteiger partial charge in [0.15, 0.2) is 0 Å². The van der Waals surface area contributed by atoms with Crippen molar-refractivity contribution in [3.8, 4) is 33.6 Å². The summed E-state index contributed by atoms with van der Waals surface area (Å²) in [7, 11) is 1.68. The zero-order valence-electron chi connectivity index (χ0n) is 25.3. The smallest absolute Gasteiger partial charge is 0.269 e. The molecule has 0 aliphatic rings. The predicted molar refractivity (Wildman–Crippen MR) is 168 cm³/mol. The van der Waals surface area contributed by atoms with Crippen molar-refractivity contribution in [1.29, 1.82) is 0 Å². The number of aromatic amines is 1. The number of hydrogen-bond acceptors (Lipinski definition) is 6. The molecule has 0 saturated heterocycles. The number of rotatable bonds is 13. The van der Waals surface area contributed by atoms with Crippen molar-refractivity contribution in [3.05, 3.63) is 96.1 Å². The van der Waals surface area contributed by atoms with Gasteiger partial charge >= 0.3 is 0 Å². The number of nitrogens with one attached hydrogen (secondary N) is 2. The van der Waals surface area contributed by atoms with Crippen LogP contribution in [-0.4, -0.2) is 56.3 Å². The van der Waals surface area contributed by atoms with E-state index in [1.807, 2.05) is 28.8 Å². The molecule has 9 heteroatoms. The van der Waals surface area contributed by atoms with Gasteiger partial charge in [0.1, 0.15) is 11.5 Å². The number of imidazole rings is 1. The van der Waals surface area contributed by atoms with Crippen molar-refractivity contribution in [3.63, 3.8) is 0 Å². The summed E-state index contributed by atoms with van der Waals surface area (Å²) in [5, 5.41) is 17.9.